The van der Waals surface area contributed by atoms with E-state index in [1.807, 2.05) is 0 Å². The van der Waals surface area contributed by atoms with Gasteiger partial charge in [0.25, 0.3) is 0 Å². The van der Waals surface area contributed by atoms with Gasteiger partial charge in [-0.1, -0.05) is 34.6 Å². The summed E-state index contributed by atoms with van der Waals surface area (Å²) in [6.07, 6.45) is 6.84. The fourth-order valence-electron chi connectivity index (χ4n) is 4.14. The summed E-state index contributed by atoms with van der Waals surface area (Å²) in [6.45, 7) is 14.7. The molecular formula is C18H34O2. The summed E-state index contributed by atoms with van der Waals surface area (Å²) in [7, 11) is 0. The highest BCUT2D eigenvalue weighted by molar-refractivity contribution is 4.84. The van der Waals surface area contributed by atoms with Crippen LogP contribution >= 0.6 is 0 Å². The molecule has 0 spiro atoms. The molecule has 0 bridgehead atoms. The molecule has 20 heavy (non-hydrogen) atoms. The highest BCUT2D eigenvalue weighted by Crippen LogP contribution is 2.40. The zero-order chi connectivity index (χ0) is 14.8. The van der Waals surface area contributed by atoms with Crippen LogP contribution in [0.3, 0.4) is 0 Å². The first-order chi connectivity index (χ1) is 9.23. The van der Waals surface area contributed by atoms with Crippen molar-refractivity contribution in [1.82, 2.24) is 0 Å². The van der Waals surface area contributed by atoms with E-state index in [0.717, 1.165) is 31.7 Å². The molecule has 0 saturated carbocycles. The molecule has 0 aromatic heterocycles. The zero-order valence-corrected chi connectivity index (χ0v) is 14.2. The Bertz CT molecular complexity index is 297. The zero-order valence-electron chi connectivity index (χ0n) is 14.2. The Morgan fingerprint density at radius 2 is 1.60 bits per heavy atom. The van der Waals surface area contributed by atoms with Gasteiger partial charge in [-0.05, 0) is 54.8 Å². The van der Waals surface area contributed by atoms with Crippen LogP contribution in [0.1, 0.15) is 66.7 Å². The smallest absolute Gasteiger partial charge is 0.0583 e. The minimum atomic E-state index is 0.385. The van der Waals surface area contributed by atoms with Crippen molar-refractivity contribution in [2.24, 2.45) is 22.7 Å². The minimum absolute atomic E-state index is 0.385. The molecule has 0 aromatic carbocycles. The molecule has 0 aliphatic carbocycles. The third-order valence-electron chi connectivity index (χ3n) is 4.71. The summed E-state index contributed by atoms with van der Waals surface area (Å²) in [4.78, 5) is 0. The Morgan fingerprint density at radius 3 is 2.20 bits per heavy atom. The molecule has 2 aliphatic heterocycles. The van der Waals surface area contributed by atoms with Crippen molar-refractivity contribution < 1.29 is 9.47 Å². The maximum absolute atomic E-state index is 6.03. The van der Waals surface area contributed by atoms with Crippen molar-refractivity contribution in [1.29, 1.82) is 0 Å². The molecule has 2 fully saturated rings. The van der Waals surface area contributed by atoms with Crippen LogP contribution in [0.2, 0.25) is 0 Å². The van der Waals surface area contributed by atoms with Crippen LogP contribution < -0.4 is 0 Å². The second-order valence-corrected chi connectivity index (χ2v) is 9.12. The molecule has 0 radical (unpaired) electrons. The molecule has 2 aliphatic rings. The van der Waals surface area contributed by atoms with Crippen molar-refractivity contribution in [3.8, 4) is 0 Å². The van der Waals surface area contributed by atoms with E-state index >= 15 is 0 Å². The van der Waals surface area contributed by atoms with E-state index in [-0.39, 0.29) is 0 Å². The van der Waals surface area contributed by atoms with E-state index < -0.39 is 0 Å². The quantitative estimate of drug-likeness (QED) is 0.729. The first kappa shape index (κ1) is 16.3. The minimum Gasteiger partial charge on any atom is -0.381 e. The normalized spacial score (nSPS) is 31.9. The van der Waals surface area contributed by atoms with Crippen molar-refractivity contribution in [2.75, 3.05) is 19.8 Å². The SMILES string of the molecule is CC(C)(C)CC1CC(CC(C)(C)CC2CCOC2)CO1. The maximum atomic E-state index is 6.03. The predicted octanol–water partition coefficient (Wildman–Crippen LogP) is 4.67. The molecule has 2 heterocycles. The van der Waals surface area contributed by atoms with Gasteiger partial charge in [0.2, 0.25) is 0 Å². The van der Waals surface area contributed by atoms with Crippen LogP contribution in [-0.4, -0.2) is 25.9 Å². The standard InChI is InChI=1S/C18H34O2/c1-17(2,3)11-16-8-15(13-20-16)10-18(4,5)9-14-6-7-19-12-14/h14-16H,6-13H2,1-5H3. The second-order valence-electron chi connectivity index (χ2n) is 9.12. The molecule has 2 nitrogen and oxygen atoms in total. The molecule has 0 N–H and O–H groups in total. The van der Waals surface area contributed by atoms with E-state index in [4.69, 9.17) is 9.47 Å². The van der Waals surface area contributed by atoms with E-state index in [9.17, 15) is 0 Å². The van der Waals surface area contributed by atoms with Gasteiger partial charge in [0.1, 0.15) is 0 Å². The van der Waals surface area contributed by atoms with Crippen LogP contribution in [0.4, 0.5) is 0 Å². The van der Waals surface area contributed by atoms with Crippen LogP contribution in [0.25, 0.3) is 0 Å². The van der Waals surface area contributed by atoms with Gasteiger partial charge in [-0.2, -0.15) is 0 Å². The van der Waals surface area contributed by atoms with Crippen LogP contribution in [0.15, 0.2) is 0 Å². The summed E-state index contributed by atoms with van der Waals surface area (Å²) >= 11 is 0. The maximum Gasteiger partial charge on any atom is 0.0583 e. The van der Waals surface area contributed by atoms with Crippen LogP contribution in [0, 0.1) is 22.7 Å². The molecule has 3 atom stereocenters. The third-order valence-corrected chi connectivity index (χ3v) is 4.71. The lowest BCUT2D eigenvalue weighted by Crippen LogP contribution is -2.22. The molecule has 2 heteroatoms. The Balaban J connectivity index is 1.75. The van der Waals surface area contributed by atoms with E-state index in [0.29, 0.717) is 16.9 Å². The van der Waals surface area contributed by atoms with E-state index in [1.54, 1.807) is 0 Å². The number of ether oxygens (including phenoxy) is 2. The monoisotopic (exact) mass is 282 g/mol. The van der Waals surface area contributed by atoms with Gasteiger partial charge in [-0.3, -0.25) is 0 Å². The van der Waals surface area contributed by atoms with Crippen molar-refractivity contribution >= 4 is 0 Å². The lowest BCUT2D eigenvalue weighted by molar-refractivity contribution is 0.0713. The lowest BCUT2D eigenvalue weighted by Gasteiger charge is -2.30. The topological polar surface area (TPSA) is 18.5 Å². The highest BCUT2D eigenvalue weighted by Gasteiger charge is 2.34. The average Bonchev–Trinajstić information content (AvgIpc) is 2.87. The molecule has 0 aromatic rings. The van der Waals surface area contributed by atoms with Crippen molar-refractivity contribution in [3.05, 3.63) is 0 Å². The highest BCUT2D eigenvalue weighted by atomic mass is 16.5. The van der Waals surface area contributed by atoms with Gasteiger partial charge in [0.05, 0.1) is 6.10 Å². The van der Waals surface area contributed by atoms with Crippen LogP contribution in [0.5, 0.6) is 0 Å². The van der Waals surface area contributed by atoms with Crippen molar-refractivity contribution in [3.63, 3.8) is 0 Å². The second kappa shape index (κ2) is 6.36. The summed E-state index contributed by atoms with van der Waals surface area (Å²) in [5.41, 5.74) is 0.819. The molecule has 2 rings (SSSR count). The molecule has 3 unspecified atom stereocenters. The van der Waals surface area contributed by atoms with Crippen molar-refractivity contribution in [2.45, 2.75) is 72.8 Å². The van der Waals surface area contributed by atoms with Gasteiger partial charge in [0, 0.05) is 19.8 Å². The number of hydrogen-bond donors (Lipinski definition) is 0. The largest absolute Gasteiger partial charge is 0.381 e. The van der Waals surface area contributed by atoms with Crippen LogP contribution in [-0.2, 0) is 9.47 Å². The fourth-order valence-corrected chi connectivity index (χ4v) is 4.14. The van der Waals surface area contributed by atoms with E-state index in [1.165, 1.54) is 32.1 Å². The van der Waals surface area contributed by atoms with E-state index in [2.05, 4.69) is 34.6 Å². The fraction of sp³-hybridized carbons (Fsp3) is 1.00. The van der Waals surface area contributed by atoms with Gasteiger partial charge in [-0.15, -0.1) is 0 Å². The Hall–Kier alpha value is -0.0800. The van der Waals surface area contributed by atoms with Gasteiger partial charge >= 0.3 is 0 Å². The number of rotatable bonds is 5. The van der Waals surface area contributed by atoms with Gasteiger partial charge < -0.3 is 9.47 Å². The lowest BCUT2D eigenvalue weighted by atomic mass is 9.75. The average molecular weight is 282 g/mol. The first-order valence-electron chi connectivity index (χ1n) is 8.43. The molecule has 2 saturated heterocycles. The van der Waals surface area contributed by atoms with Gasteiger partial charge in [-0.25, -0.2) is 0 Å². The number of hydrogen-bond acceptors (Lipinski definition) is 2. The summed E-state index contributed by atoms with van der Waals surface area (Å²) in [5.74, 6) is 1.55. The summed E-state index contributed by atoms with van der Waals surface area (Å²) in [5, 5.41) is 0. The Labute approximate surface area is 125 Å². The third kappa shape index (κ3) is 5.37. The summed E-state index contributed by atoms with van der Waals surface area (Å²) in [6, 6.07) is 0. The molecule has 0 amide bonds. The summed E-state index contributed by atoms with van der Waals surface area (Å²) < 4.78 is 11.6. The molecule has 118 valence electrons. The Morgan fingerprint density at radius 1 is 0.900 bits per heavy atom. The predicted molar refractivity (Wildman–Crippen MR) is 83.9 cm³/mol. The first-order valence-corrected chi connectivity index (χ1v) is 8.43. The van der Waals surface area contributed by atoms with Gasteiger partial charge in [0.15, 0.2) is 0 Å². The Kier molecular flexibility index (Phi) is 5.18. The molecular weight excluding hydrogens is 248 g/mol.